The van der Waals surface area contributed by atoms with Crippen molar-refractivity contribution in [3.63, 3.8) is 0 Å². The summed E-state index contributed by atoms with van der Waals surface area (Å²) in [5.74, 6) is 1.23. The lowest BCUT2D eigenvalue weighted by molar-refractivity contribution is 0.0725. The van der Waals surface area contributed by atoms with E-state index in [2.05, 4.69) is 15.3 Å². The lowest BCUT2D eigenvalue weighted by Gasteiger charge is -2.27. The third-order valence-corrected chi connectivity index (χ3v) is 4.40. The quantitative estimate of drug-likeness (QED) is 0.906. The number of hydrogen-bond donors (Lipinski definition) is 1. The summed E-state index contributed by atoms with van der Waals surface area (Å²) in [7, 11) is 1.61. The minimum Gasteiger partial charge on any atom is -0.481 e. The zero-order valence-electron chi connectivity index (χ0n) is 14.8. The van der Waals surface area contributed by atoms with Gasteiger partial charge in [-0.25, -0.2) is 9.97 Å². The lowest BCUT2D eigenvalue weighted by Crippen LogP contribution is -2.36. The van der Waals surface area contributed by atoms with Gasteiger partial charge in [-0.3, -0.25) is 4.79 Å². The summed E-state index contributed by atoms with van der Waals surface area (Å²) >= 11 is 0. The van der Waals surface area contributed by atoms with E-state index in [1.165, 1.54) is 6.42 Å². The SMILES string of the molecule is COc1nc(C)ccc1CNc1ncccc1C(=O)N1CCCCC1. The van der Waals surface area contributed by atoms with Gasteiger partial charge in [-0.2, -0.15) is 0 Å². The highest BCUT2D eigenvalue weighted by atomic mass is 16.5. The fourth-order valence-electron chi connectivity index (χ4n) is 3.04. The first-order chi connectivity index (χ1) is 12.2. The average molecular weight is 340 g/mol. The molecule has 3 rings (SSSR count). The van der Waals surface area contributed by atoms with Gasteiger partial charge in [-0.05, 0) is 44.4 Å². The molecule has 1 aliphatic heterocycles. The molecule has 0 aliphatic carbocycles. The van der Waals surface area contributed by atoms with E-state index in [1.807, 2.05) is 30.0 Å². The van der Waals surface area contributed by atoms with Crippen LogP contribution < -0.4 is 10.1 Å². The number of anilines is 1. The van der Waals surface area contributed by atoms with Gasteiger partial charge in [0, 0.05) is 37.1 Å². The van der Waals surface area contributed by atoms with Crippen molar-refractivity contribution in [1.29, 1.82) is 0 Å². The number of carbonyl (C=O) groups is 1. The highest BCUT2D eigenvalue weighted by Gasteiger charge is 2.21. The topological polar surface area (TPSA) is 67.3 Å². The number of rotatable bonds is 5. The van der Waals surface area contributed by atoms with Crippen molar-refractivity contribution >= 4 is 11.7 Å². The summed E-state index contributed by atoms with van der Waals surface area (Å²) in [5, 5.41) is 3.27. The Bertz CT molecular complexity index is 742. The number of aromatic nitrogens is 2. The van der Waals surface area contributed by atoms with Crippen LogP contribution in [0.1, 0.15) is 40.9 Å². The molecular weight excluding hydrogens is 316 g/mol. The van der Waals surface area contributed by atoms with Crippen LogP contribution in [0.4, 0.5) is 5.82 Å². The standard InChI is InChI=1S/C19H24N4O2/c1-14-8-9-15(18(22-14)25-2)13-21-17-16(7-6-10-20-17)19(24)23-11-4-3-5-12-23/h6-10H,3-5,11-13H2,1-2H3,(H,20,21). The smallest absolute Gasteiger partial charge is 0.257 e. The van der Waals surface area contributed by atoms with Gasteiger partial charge >= 0.3 is 0 Å². The first kappa shape index (κ1) is 17.2. The van der Waals surface area contributed by atoms with Crippen LogP contribution in [-0.2, 0) is 6.54 Å². The highest BCUT2D eigenvalue weighted by molar-refractivity contribution is 5.98. The summed E-state index contributed by atoms with van der Waals surface area (Å²) in [6.07, 6.45) is 5.03. The predicted octanol–water partition coefficient (Wildman–Crippen LogP) is 3.03. The Morgan fingerprint density at radius 1 is 1.24 bits per heavy atom. The van der Waals surface area contributed by atoms with Crippen molar-refractivity contribution in [2.75, 3.05) is 25.5 Å². The minimum atomic E-state index is 0.0456. The maximum absolute atomic E-state index is 12.8. The van der Waals surface area contributed by atoms with Gasteiger partial charge < -0.3 is 15.0 Å². The summed E-state index contributed by atoms with van der Waals surface area (Å²) < 4.78 is 5.34. The molecule has 2 aromatic rings. The number of ether oxygens (including phenoxy) is 1. The average Bonchev–Trinajstić information content (AvgIpc) is 2.67. The molecule has 6 nitrogen and oxygen atoms in total. The van der Waals surface area contributed by atoms with E-state index in [-0.39, 0.29) is 5.91 Å². The van der Waals surface area contributed by atoms with Gasteiger partial charge in [0.25, 0.3) is 5.91 Å². The Kier molecular flexibility index (Phi) is 5.48. The molecule has 0 atom stereocenters. The van der Waals surface area contributed by atoms with Crippen LogP contribution in [0.3, 0.4) is 0 Å². The zero-order valence-corrected chi connectivity index (χ0v) is 14.8. The van der Waals surface area contributed by atoms with Crippen LogP contribution in [0.25, 0.3) is 0 Å². The van der Waals surface area contributed by atoms with E-state index in [4.69, 9.17) is 4.74 Å². The van der Waals surface area contributed by atoms with E-state index >= 15 is 0 Å². The number of nitrogens with zero attached hydrogens (tertiary/aromatic N) is 3. The number of carbonyl (C=O) groups excluding carboxylic acids is 1. The third-order valence-electron chi connectivity index (χ3n) is 4.40. The monoisotopic (exact) mass is 340 g/mol. The molecule has 1 saturated heterocycles. The number of nitrogens with one attached hydrogen (secondary N) is 1. The first-order valence-corrected chi connectivity index (χ1v) is 8.67. The summed E-state index contributed by atoms with van der Waals surface area (Å²) in [6.45, 7) is 4.06. The number of aryl methyl sites for hydroxylation is 1. The number of piperidine rings is 1. The molecule has 1 aliphatic rings. The van der Waals surface area contributed by atoms with Crippen molar-refractivity contribution in [3.05, 3.63) is 47.3 Å². The molecule has 2 aromatic heterocycles. The molecule has 0 aromatic carbocycles. The van der Waals surface area contributed by atoms with Crippen molar-refractivity contribution in [1.82, 2.24) is 14.9 Å². The molecule has 0 spiro atoms. The third kappa shape index (κ3) is 4.07. The van der Waals surface area contributed by atoms with Crippen molar-refractivity contribution in [3.8, 4) is 5.88 Å². The predicted molar refractivity (Wildman–Crippen MR) is 96.8 cm³/mol. The molecule has 3 heterocycles. The number of amides is 1. The molecule has 1 amide bonds. The largest absolute Gasteiger partial charge is 0.481 e. The van der Waals surface area contributed by atoms with E-state index in [0.717, 1.165) is 37.2 Å². The van der Waals surface area contributed by atoms with E-state index in [0.29, 0.717) is 23.8 Å². The summed E-state index contributed by atoms with van der Waals surface area (Å²) in [4.78, 5) is 23.5. The van der Waals surface area contributed by atoms with E-state index in [1.54, 1.807) is 19.4 Å². The van der Waals surface area contributed by atoms with Crippen LogP contribution >= 0.6 is 0 Å². The van der Waals surface area contributed by atoms with Crippen molar-refractivity contribution in [2.45, 2.75) is 32.7 Å². The molecule has 1 fully saturated rings. The zero-order chi connectivity index (χ0) is 17.6. The van der Waals surface area contributed by atoms with Gasteiger partial charge in [-0.15, -0.1) is 0 Å². The normalized spacial score (nSPS) is 14.2. The number of methoxy groups -OCH3 is 1. The summed E-state index contributed by atoms with van der Waals surface area (Å²) in [5.41, 5.74) is 2.44. The van der Waals surface area contributed by atoms with Gasteiger partial charge in [0.1, 0.15) is 5.82 Å². The second-order valence-electron chi connectivity index (χ2n) is 6.23. The number of pyridine rings is 2. The fourth-order valence-corrected chi connectivity index (χ4v) is 3.04. The molecule has 0 radical (unpaired) electrons. The highest BCUT2D eigenvalue weighted by Crippen LogP contribution is 2.21. The fraction of sp³-hybridized carbons (Fsp3) is 0.421. The van der Waals surface area contributed by atoms with Crippen LogP contribution in [0.2, 0.25) is 0 Å². The maximum atomic E-state index is 12.8. The van der Waals surface area contributed by atoms with E-state index < -0.39 is 0 Å². The molecule has 132 valence electrons. The van der Waals surface area contributed by atoms with Crippen LogP contribution in [-0.4, -0.2) is 41.0 Å². The molecule has 0 unspecified atom stereocenters. The first-order valence-electron chi connectivity index (χ1n) is 8.67. The molecule has 0 bridgehead atoms. The van der Waals surface area contributed by atoms with Gasteiger partial charge in [0.05, 0.1) is 12.7 Å². The van der Waals surface area contributed by atoms with Crippen LogP contribution in [0.5, 0.6) is 5.88 Å². The number of hydrogen-bond acceptors (Lipinski definition) is 5. The Balaban J connectivity index is 1.76. The summed E-state index contributed by atoms with van der Waals surface area (Å²) in [6, 6.07) is 7.55. The van der Waals surface area contributed by atoms with Crippen molar-refractivity contribution < 1.29 is 9.53 Å². The molecule has 1 N–H and O–H groups in total. The van der Waals surface area contributed by atoms with Crippen molar-refractivity contribution in [2.24, 2.45) is 0 Å². The Morgan fingerprint density at radius 3 is 2.80 bits per heavy atom. The van der Waals surface area contributed by atoms with E-state index in [9.17, 15) is 4.79 Å². The minimum absolute atomic E-state index is 0.0456. The molecule has 25 heavy (non-hydrogen) atoms. The van der Waals surface area contributed by atoms with Gasteiger partial charge in [0.2, 0.25) is 5.88 Å². The van der Waals surface area contributed by atoms with Crippen LogP contribution in [0.15, 0.2) is 30.5 Å². The molecule has 6 heteroatoms. The molecule has 0 saturated carbocycles. The van der Waals surface area contributed by atoms with Crippen LogP contribution in [0, 0.1) is 6.92 Å². The lowest BCUT2D eigenvalue weighted by atomic mass is 10.1. The molecular formula is C19H24N4O2. The second kappa shape index (κ2) is 7.96. The Hall–Kier alpha value is -2.63. The second-order valence-corrected chi connectivity index (χ2v) is 6.23. The maximum Gasteiger partial charge on any atom is 0.257 e. The Labute approximate surface area is 148 Å². The van der Waals surface area contributed by atoms with Gasteiger partial charge in [0.15, 0.2) is 0 Å². The number of likely N-dealkylation sites (tertiary alicyclic amines) is 1. The van der Waals surface area contributed by atoms with Gasteiger partial charge in [-0.1, -0.05) is 6.07 Å². The Morgan fingerprint density at radius 2 is 2.04 bits per heavy atom.